The fraction of sp³-hybridized carbons (Fsp3) is 0.120. The van der Waals surface area contributed by atoms with E-state index in [4.69, 9.17) is 14.2 Å². The first-order valence-electron chi connectivity index (χ1n) is 11.5. The zero-order valence-corrected chi connectivity index (χ0v) is 24.7. The van der Waals surface area contributed by atoms with Crippen LogP contribution in [0.1, 0.15) is 10.4 Å². The van der Waals surface area contributed by atoms with Crippen LogP contribution in [-0.4, -0.2) is 49.5 Å². The Morgan fingerprint density at radius 3 is 1.78 bits per heavy atom. The van der Waals surface area contributed by atoms with Crippen molar-refractivity contribution in [3.05, 3.63) is 77.0 Å². The number of sulfonamides is 2. The number of amides is 1. The molecule has 0 bridgehead atoms. The van der Waals surface area contributed by atoms with Gasteiger partial charge in [0.05, 0.1) is 31.2 Å². The Kier molecular flexibility index (Phi) is 9.17. The van der Waals surface area contributed by atoms with E-state index in [1.165, 1.54) is 50.6 Å². The van der Waals surface area contributed by atoms with Crippen molar-refractivity contribution < 1.29 is 40.6 Å². The van der Waals surface area contributed by atoms with Gasteiger partial charge in [-0.15, -0.1) is 22.7 Å². The summed E-state index contributed by atoms with van der Waals surface area (Å²) in [6.45, 7) is -0.686. The summed E-state index contributed by atoms with van der Waals surface area (Å²) in [7, 11) is -5.15. The average molecular weight is 638 g/mol. The Labute approximate surface area is 244 Å². The molecule has 41 heavy (non-hydrogen) atoms. The predicted octanol–water partition coefficient (Wildman–Crippen LogP) is 4.22. The summed E-state index contributed by atoms with van der Waals surface area (Å²) in [5.74, 6) is -0.835. The summed E-state index contributed by atoms with van der Waals surface area (Å²) in [6, 6.07) is 14.1. The molecule has 216 valence electrons. The maximum Gasteiger partial charge on any atom is 0.338 e. The van der Waals surface area contributed by atoms with Gasteiger partial charge in [-0.05, 0) is 53.2 Å². The van der Waals surface area contributed by atoms with Gasteiger partial charge in [-0.3, -0.25) is 14.2 Å². The number of hydrogen-bond donors (Lipinski definition) is 3. The van der Waals surface area contributed by atoms with Crippen LogP contribution in [0.4, 0.5) is 17.1 Å². The first kappa shape index (κ1) is 29.9. The highest BCUT2D eigenvalue weighted by atomic mass is 32.3. The lowest BCUT2D eigenvalue weighted by atomic mass is 10.2. The first-order chi connectivity index (χ1) is 19.5. The third-order valence-corrected chi connectivity index (χ3v) is 10.8. The molecule has 0 fully saturated rings. The van der Waals surface area contributed by atoms with Crippen LogP contribution in [0.15, 0.2) is 79.8 Å². The fourth-order valence-corrected chi connectivity index (χ4v) is 7.50. The van der Waals surface area contributed by atoms with E-state index < -0.39 is 38.5 Å². The second-order valence-corrected chi connectivity index (χ2v) is 13.8. The Morgan fingerprint density at radius 1 is 0.732 bits per heavy atom. The zero-order valence-electron chi connectivity index (χ0n) is 21.4. The molecular weight excluding hydrogens is 615 g/mol. The number of nitrogens with one attached hydrogen (secondary N) is 3. The van der Waals surface area contributed by atoms with Gasteiger partial charge in [0.25, 0.3) is 26.0 Å². The average Bonchev–Trinajstić information content (AvgIpc) is 3.67. The van der Waals surface area contributed by atoms with Gasteiger partial charge in [-0.2, -0.15) is 0 Å². The molecule has 2 aromatic carbocycles. The van der Waals surface area contributed by atoms with Crippen molar-refractivity contribution in [3.8, 4) is 11.5 Å². The minimum atomic E-state index is -4.03. The van der Waals surface area contributed by atoms with Crippen molar-refractivity contribution in [1.82, 2.24) is 0 Å². The van der Waals surface area contributed by atoms with Gasteiger partial charge in [-0.1, -0.05) is 12.1 Å². The van der Waals surface area contributed by atoms with Gasteiger partial charge in [0.1, 0.15) is 8.42 Å². The molecule has 0 aliphatic carbocycles. The molecule has 0 atom stereocenters. The van der Waals surface area contributed by atoms with Gasteiger partial charge in [-0.25, -0.2) is 21.6 Å². The largest absolute Gasteiger partial charge is 0.493 e. The molecule has 12 nitrogen and oxygen atoms in total. The number of carbonyl (C=O) groups excluding carboxylic acids is 2. The molecule has 4 aromatic rings. The van der Waals surface area contributed by atoms with Crippen LogP contribution in [0, 0.1) is 0 Å². The quantitative estimate of drug-likeness (QED) is 0.193. The third-order valence-electron chi connectivity index (χ3n) is 5.19. The maximum atomic E-state index is 12.9. The Balaban J connectivity index is 1.54. The molecule has 0 spiro atoms. The van der Waals surface area contributed by atoms with E-state index in [0.717, 1.165) is 22.7 Å². The third kappa shape index (κ3) is 7.55. The van der Waals surface area contributed by atoms with Crippen molar-refractivity contribution in [1.29, 1.82) is 0 Å². The number of ether oxygens (including phenoxy) is 3. The van der Waals surface area contributed by atoms with Gasteiger partial charge >= 0.3 is 5.97 Å². The van der Waals surface area contributed by atoms with E-state index in [1.807, 2.05) is 0 Å². The van der Waals surface area contributed by atoms with Gasteiger partial charge in [0.15, 0.2) is 18.1 Å². The molecule has 2 aromatic heterocycles. The predicted molar refractivity (Wildman–Crippen MR) is 155 cm³/mol. The highest BCUT2D eigenvalue weighted by Gasteiger charge is 2.21. The molecule has 4 rings (SSSR count). The lowest BCUT2D eigenvalue weighted by Gasteiger charge is -2.13. The number of thiophene rings is 2. The Hall–Kier alpha value is -4.12. The molecule has 0 unspecified atom stereocenters. The van der Waals surface area contributed by atoms with Gasteiger partial charge < -0.3 is 19.5 Å². The van der Waals surface area contributed by atoms with Crippen molar-refractivity contribution in [2.75, 3.05) is 35.6 Å². The van der Waals surface area contributed by atoms with Crippen LogP contribution in [0.3, 0.4) is 0 Å². The molecule has 3 N–H and O–H groups in total. The highest BCUT2D eigenvalue weighted by Crippen LogP contribution is 2.30. The second kappa shape index (κ2) is 12.6. The van der Waals surface area contributed by atoms with E-state index >= 15 is 0 Å². The molecular formula is C25H23N3O9S4. The van der Waals surface area contributed by atoms with Gasteiger partial charge in [0.2, 0.25) is 0 Å². The van der Waals surface area contributed by atoms with Crippen LogP contribution in [0.25, 0.3) is 0 Å². The van der Waals surface area contributed by atoms with Gasteiger partial charge in [0, 0.05) is 11.8 Å². The molecule has 0 saturated carbocycles. The number of anilines is 3. The first-order valence-corrected chi connectivity index (χ1v) is 16.2. The number of hydrogen-bond acceptors (Lipinski definition) is 11. The highest BCUT2D eigenvalue weighted by molar-refractivity contribution is 7.95. The van der Waals surface area contributed by atoms with Crippen LogP contribution < -0.4 is 24.2 Å². The van der Waals surface area contributed by atoms with Crippen LogP contribution in [0.5, 0.6) is 11.5 Å². The smallest absolute Gasteiger partial charge is 0.338 e. The van der Waals surface area contributed by atoms with Crippen molar-refractivity contribution in [2.24, 2.45) is 0 Å². The Bertz CT molecular complexity index is 1670. The summed E-state index contributed by atoms with van der Waals surface area (Å²) in [6.07, 6.45) is 0. The normalized spacial score (nSPS) is 11.4. The fourth-order valence-electron chi connectivity index (χ4n) is 3.43. The van der Waals surface area contributed by atoms with Crippen molar-refractivity contribution in [2.45, 2.75) is 8.42 Å². The zero-order chi connectivity index (χ0) is 29.6. The number of benzene rings is 2. The van der Waals surface area contributed by atoms with Crippen LogP contribution in [-0.2, 0) is 29.6 Å². The summed E-state index contributed by atoms with van der Waals surface area (Å²) in [5, 5.41) is 5.72. The standard InChI is InChI=1S/C25H23N3O9S4/c1-35-20-8-7-17(14-21(20)36-2)26-22(29)15-37-25(30)16-11-18(27-40(31,32)23-5-3-9-38-23)13-19(12-16)28-41(33,34)24-6-4-10-39-24/h3-14,27-28H,15H2,1-2H3,(H,26,29). The topological polar surface area (TPSA) is 166 Å². The van der Waals surface area contributed by atoms with E-state index in [-0.39, 0.29) is 25.4 Å². The summed E-state index contributed by atoms with van der Waals surface area (Å²) in [4.78, 5) is 25.3. The summed E-state index contributed by atoms with van der Waals surface area (Å²) < 4.78 is 71.3. The van der Waals surface area contributed by atoms with E-state index in [1.54, 1.807) is 35.0 Å². The lowest BCUT2D eigenvalue weighted by molar-refractivity contribution is -0.119. The minimum absolute atomic E-state index is 0.0121. The second-order valence-electron chi connectivity index (χ2n) is 8.07. The number of rotatable bonds is 12. The molecule has 0 saturated heterocycles. The number of methoxy groups -OCH3 is 2. The van der Waals surface area contributed by atoms with Crippen LogP contribution >= 0.6 is 22.7 Å². The summed E-state index contributed by atoms with van der Waals surface area (Å²) in [5.41, 5.74) is -0.0591. The van der Waals surface area contributed by atoms with E-state index in [9.17, 15) is 26.4 Å². The maximum absolute atomic E-state index is 12.9. The lowest BCUT2D eigenvalue weighted by Crippen LogP contribution is -2.21. The number of carbonyl (C=O) groups is 2. The molecule has 2 heterocycles. The SMILES string of the molecule is COc1ccc(NC(=O)COC(=O)c2cc(NS(=O)(=O)c3cccs3)cc(NS(=O)(=O)c3cccs3)c2)cc1OC. The minimum Gasteiger partial charge on any atom is -0.493 e. The molecule has 16 heteroatoms. The van der Waals surface area contributed by atoms with E-state index in [0.29, 0.717) is 17.2 Å². The van der Waals surface area contributed by atoms with Crippen molar-refractivity contribution >= 4 is 71.7 Å². The molecule has 0 aliphatic heterocycles. The van der Waals surface area contributed by atoms with Crippen LogP contribution in [0.2, 0.25) is 0 Å². The molecule has 1 amide bonds. The Morgan fingerprint density at radius 2 is 1.29 bits per heavy atom. The molecule has 0 radical (unpaired) electrons. The van der Waals surface area contributed by atoms with E-state index in [2.05, 4.69) is 14.8 Å². The van der Waals surface area contributed by atoms with Crippen molar-refractivity contribution in [3.63, 3.8) is 0 Å². The summed E-state index contributed by atoms with van der Waals surface area (Å²) >= 11 is 1.95. The molecule has 0 aliphatic rings. The number of esters is 1. The monoisotopic (exact) mass is 637 g/mol.